The van der Waals surface area contributed by atoms with Gasteiger partial charge in [-0.2, -0.15) is 5.26 Å². The van der Waals surface area contributed by atoms with Gasteiger partial charge in [-0.25, -0.2) is 4.98 Å². The molecule has 0 unspecified atom stereocenters. The zero-order chi connectivity index (χ0) is 23.1. The van der Waals surface area contributed by atoms with Gasteiger partial charge in [0.15, 0.2) is 0 Å². The van der Waals surface area contributed by atoms with Crippen molar-refractivity contribution in [3.63, 3.8) is 0 Å². The molecule has 1 saturated heterocycles. The molecule has 6 rings (SSSR count). The Hall–Kier alpha value is -3.22. The summed E-state index contributed by atoms with van der Waals surface area (Å²) < 4.78 is 0. The Morgan fingerprint density at radius 1 is 1.26 bits per heavy atom. The summed E-state index contributed by atoms with van der Waals surface area (Å²) in [5, 5.41) is 27.1. The van der Waals surface area contributed by atoms with Crippen LogP contribution in [0, 0.1) is 11.3 Å². The summed E-state index contributed by atoms with van der Waals surface area (Å²) in [6.45, 7) is 2.16. The first-order valence-electron chi connectivity index (χ1n) is 11.3. The molecule has 0 bridgehead atoms. The van der Waals surface area contributed by atoms with E-state index in [4.69, 9.17) is 0 Å². The molecule has 6 nitrogen and oxygen atoms in total. The maximum atomic E-state index is 9.75. The highest BCUT2D eigenvalue weighted by Gasteiger charge is 2.24. The molecule has 0 spiro atoms. The highest BCUT2D eigenvalue weighted by Crippen LogP contribution is 2.40. The van der Waals surface area contributed by atoms with Crippen molar-refractivity contribution in [1.29, 1.82) is 5.26 Å². The van der Waals surface area contributed by atoms with Crippen LogP contribution in [-0.4, -0.2) is 39.2 Å². The summed E-state index contributed by atoms with van der Waals surface area (Å²) >= 11 is 3.41. The number of hydrogen-bond acceptors (Lipinski definition) is 7. The van der Waals surface area contributed by atoms with Crippen LogP contribution in [0.2, 0.25) is 0 Å². The topological polar surface area (TPSA) is 88.0 Å². The fourth-order valence-corrected chi connectivity index (χ4v) is 6.71. The minimum Gasteiger partial charge on any atom is -0.395 e. The number of likely N-dealkylation sites (tertiary alicyclic amines) is 1. The first-order valence-corrected chi connectivity index (χ1v) is 13.0. The molecule has 1 aromatic carbocycles. The van der Waals surface area contributed by atoms with Crippen LogP contribution in [-0.2, 0) is 6.54 Å². The Kier molecular flexibility index (Phi) is 5.55. The van der Waals surface area contributed by atoms with Gasteiger partial charge in [0.25, 0.3) is 0 Å². The predicted octanol–water partition coefficient (Wildman–Crippen LogP) is 6.08. The Morgan fingerprint density at radius 3 is 3.09 bits per heavy atom. The smallest absolute Gasteiger partial charge is 0.126 e. The van der Waals surface area contributed by atoms with E-state index in [0.29, 0.717) is 5.56 Å². The second kappa shape index (κ2) is 8.85. The molecular formula is C26H23N5OS2. The number of rotatable bonds is 6. The Morgan fingerprint density at radius 2 is 2.21 bits per heavy atom. The number of benzene rings is 1. The van der Waals surface area contributed by atoms with Gasteiger partial charge in [0.05, 0.1) is 17.9 Å². The third-order valence-electron chi connectivity index (χ3n) is 6.51. The number of hydrogen-bond donors (Lipinski definition) is 3. The van der Waals surface area contributed by atoms with Gasteiger partial charge in [0, 0.05) is 62.3 Å². The number of aliphatic hydroxyl groups is 1. The second-order valence-corrected chi connectivity index (χ2v) is 10.7. The Labute approximate surface area is 205 Å². The van der Waals surface area contributed by atoms with Crippen molar-refractivity contribution in [2.75, 3.05) is 18.5 Å². The highest BCUT2D eigenvalue weighted by atomic mass is 32.1. The van der Waals surface area contributed by atoms with Crippen LogP contribution in [0.25, 0.3) is 31.6 Å². The third-order valence-corrected chi connectivity index (χ3v) is 8.53. The molecule has 5 aromatic rings. The van der Waals surface area contributed by atoms with Crippen LogP contribution < -0.4 is 5.32 Å². The maximum Gasteiger partial charge on any atom is 0.126 e. The number of aromatic amines is 1. The van der Waals surface area contributed by atoms with Crippen molar-refractivity contribution in [2.45, 2.75) is 25.4 Å². The summed E-state index contributed by atoms with van der Waals surface area (Å²) in [6.07, 6.45) is 5.80. The van der Waals surface area contributed by atoms with E-state index in [9.17, 15) is 10.4 Å². The number of anilines is 2. The van der Waals surface area contributed by atoms with Gasteiger partial charge >= 0.3 is 0 Å². The molecular weight excluding hydrogens is 462 g/mol. The van der Waals surface area contributed by atoms with Crippen molar-refractivity contribution in [3.8, 4) is 16.5 Å². The molecule has 1 atom stereocenters. The van der Waals surface area contributed by atoms with Crippen LogP contribution in [0.5, 0.6) is 0 Å². The molecule has 0 saturated carbocycles. The number of thiophene rings is 2. The van der Waals surface area contributed by atoms with Crippen molar-refractivity contribution in [3.05, 3.63) is 64.6 Å². The number of nitrogens with zero attached hydrogens (tertiary/aromatic N) is 3. The quantitative estimate of drug-likeness (QED) is 0.271. The number of aromatic nitrogens is 2. The standard InChI is InChI=1S/C26H23N5OS2/c27-11-18-12-29-26-22(25(18)30-19-3-4-23-16(8-19)5-6-28-23)10-24(34-26)17-9-21(33-15-17)13-31-7-1-2-20(31)14-32/h3-6,8-10,12,15,20,28,32H,1-2,7,13-14H2,(H,29,30)/t20-/m0/s1. The number of fused-ring (bicyclic) bond motifs is 2. The number of pyridine rings is 1. The highest BCUT2D eigenvalue weighted by molar-refractivity contribution is 7.22. The lowest BCUT2D eigenvalue weighted by Gasteiger charge is -2.21. The first-order chi connectivity index (χ1) is 16.7. The van der Waals surface area contributed by atoms with Crippen molar-refractivity contribution in [1.82, 2.24) is 14.9 Å². The molecule has 0 amide bonds. The average Bonchev–Trinajstić information content (AvgIpc) is 3.64. The fourth-order valence-electron chi connectivity index (χ4n) is 4.73. The van der Waals surface area contributed by atoms with Gasteiger partial charge < -0.3 is 15.4 Å². The molecule has 34 heavy (non-hydrogen) atoms. The molecule has 8 heteroatoms. The van der Waals surface area contributed by atoms with Gasteiger partial charge in [0.2, 0.25) is 0 Å². The molecule has 0 aliphatic carbocycles. The minimum absolute atomic E-state index is 0.230. The lowest BCUT2D eigenvalue weighted by atomic mass is 10.1. The zero-order valence-corrected chi connectivity index (χ0v) is 20.0. The minimum atomic E-state index is 0.230. The van der Waals surface area contributed by atoms with Gasteiger partial charge in [-0.05, 0) is 61.2 Å². The normalized spacial score (nSPS) is 16.4. The number of nitrogens with one attached hydrogen (secondary N) is 2. The second-order valence-electron chi connectivity index (χ2n) is 8.64. The Balaban J connectivity index is 1.32. The van der Waals surface area contributed by atoms with Crippen LogP contribution in [0.3, 0.4) is 0 Å². The van der Waals surface area contributed by atoms with Crippen molar-refractivity contribution >= 4 is 55.2 Å². The number of aliphatic hydroxyl groups excluding tert-OH is 1. The van der Waals surface area contributed by atoms with Crippen LogP contribution in [0.1, 0.15) is 23.3 Å². The van der Waals surface area contributed by atoms with E-state index in [1.54, 1.807) is 28.9 Å². The van der Waals surface area contributed by atoms with Gasteiger partial charge in [-0.3, -0.25) is 4.90 Å². The molecule has 0 radical (unpaired) electrons. The SMILES string of the molecule is N#Cc1cnc2sc(-c3csc(CN4CCC[C@H]4CO)c3)cc2c1Nc1ccc2[nH]ccc2c1. The largest absolute Gasteiger partial charge is 0.395 e. The summed E-state index contributed by atoms with van der Waals surface area (Å²) in [5.74, 6) is 0. The van der Waals surface area contributed by atoms with E-state index < -0.39 is 0 Å². The summed E-state index contributed by atoms with van der Waals surface area (Å²) in [6, 6.07) is 15.1. The van der Waals surface area contributed by atoms with E-state index in [-0.39, 0.29) is 12.6 Å². The Bertz CT molecular complexity index is 1530. The van der Waals surface area contributed by atoms with Gasteiger partial charge in [0.1, 0.15) is 10.9 Å². The van der Waals surface area contributed by atoms with Gasteiger partial charge in [-0.15, -0.1) is 22.7 Å². The number of nitriles is 1. The first kappa shape index (κ1) is 21.3. The molecule has 170 valence electrons. The lowest BCUT2D eigenvalue weighted by Crippen LogP contribution is -2.31. The maximum absolute atomic E-state index is 9.75. The summed E-state index contributed by atoms with van der Waals surface area (Å²) in [7, 11) is 0. The molecule has 1 fully saturated rings. The predicted molar refractivity (Wildman–Crippen MR) is 140 cm³/mol. The zero-order valence-electron chi connectivity index (χ0n) is 18.4. The van der Waals surface area contributed by atoms with E-state index in [1.165, 1.54) is 10.4 Å². The van der Waals surface area contributed by atoms with E-state index >= 15 is 0 Å². The van der Waals surface area contributed by atoms with Gasteiger partial charge in [-0.1, -0.05) is 0 Å². The van der Waals surface area contributed by atoms with Crippen LogP contribution in [0.15, 0.2) is 54.2 Å². The van der Waals surface area contributed by atoms with Crippen LogP contribution >= 0.6 is 22.7 Å². The van der Waals surface area contributed by atoms with Crippen LogP contribution in [0.4, 0.5) is 11.4 Å². The summed E-state index contributed by atoms with van der Waals surface area (Å²) in [5.41, 5.74) is 4.52. The fraction of sp³-hybridized carbons (Fsp3) is 0.231. The molecule has 5 heterocycles. The van der Waals surface area contributed by atoms with E-state index in [0.717, 1.165) is 63.3 Å². The third kappa shape index (κ3) is 3.87. The molecule has 3 N–H and O–H groups in total. The van der Waals surface area contributed by atoms with Crippen molar-refractivity contribution in [2.24, 2.45) is 0 Å². The average molecular weight is 486 g/mol. The summed E-state index contributed by atoms with van der Waals surface area (Å²) in [4.78, 5) is 13.5. The molecule has 1 aliphatic rings. The lowest BCUT2D eigenvalue weighted by molar-refractivity contribution is 0.154. The molecule has 1 aliphatic heterocycles. The van der Waals surface area contributed by atoms with E-state index in [2.05, 4.69) is 49.8 Å². The van der Waals surface area contributed by atoms with E-state index in [1.807, 2.05) is 24.4 Å². The molecule has 4 aromatic heterocycles. The number of H-pyrrole nitrogens is 1. The monoisotopic (exact) mass is 485 g/mol. The van der Waals surface area contributed by atoms with Crippen molar-refractivity contribution < 1.29 is 5.11 Å².